The number of rotatable bonds is 3. The Morgan fingerprint density at radius 3 is 3.16 bits per heavy atom. The third-order valence-electron chi connectivity index (χ3n) is 3.24. The van der Waals surface area contributed by atoms with E-state index < -0.39 is 0 Å². The van der Waals surface area contributed by atoms with Gasteiger partial charge >= 0.3 is 0 Å². The van der Waals surface area contributed by atoms with Crippen LogP contribution < -0.4 is 10.5 Å². The summed E-state index contributed by atoms with van der Waals surface area (Å²) in [5.41, 5.74) is 7.43. The summed E-state index contributed by atoms with van der Waals surface area (Å²) >= 11 is 1.82. The Hall–Kier alpha value is -1.46. The zero-order valence-corrected chi connectivity index (χ0v) is 11.6. The lowest BCUT2D eigenvalue weighted by molar-refractivity contribution is 0.184. The molecule has 3 rings (SSSR count). The number of benzene rings is 1. The predicted molar refractivity (Wildman–Crippen MR) is 76.5 cm³/mol. The minimum Gasteiger partial charge on any atom is -0.487 e. The van der Waals surface area contributed by atoms with Gasteiger partial charge in [-0.3, -0.25) is 4.68 Å². The maximum atomic E-state index is 6.27. The van der Waals surface area contributed by atoms with Crippen LogP contribution in [0.2, 0.25) is 0 Å². The number of hydrogen-bond acceptors (Lipinski definition) is 4. The molecule has 0 aliphatic carbocycles. The molecule has 1 aromatic carbocycles. The highest BCUT2D eigenvalue weighted by molar-refractivity contribution is 7.99. The van der Waals surface area contributed by atoms with Gasteiger partial charge in [0.25, 0.3) is 0 Å². The zero-order chi connectivity index (χ0) is 13.2. The summed E-state index contributed by atoms with van der Waals surface area (Å²) in [6.45, 7) is 0. The smallest absolute Gasteiger partial charge is 0.133 e. The number of aromatic nitrogens is 2. The topological polar surface area (TPSA) is 53.1 Å². The van der Waals surface area contributed by atoms with E-state index in [0.717, 1.165) is 23.5 Å². The van der Waals surface area contributed by atoms with Crippen molar-refractivity contribution < 1.29 is 4.74 Å². The van der Waals surface area contributed by atoms with Gasteiger partial charge in [0.1, 0.15) is 11.9 Å². The summed E-state index contributed by atoms with van der Waals surface area (Å²) in [6, 6.07) is 8.11. The highest BCUT2D eigenvalue weighted by atomic mass is 32.2. The first-order valence-electron chi connectivity index (χ1n) is 6.34. The van der Waals surface area contributed by atoms with Gasteiger partial charge < -0.3 is 10.5 Å². The van der Waals surface area contributed by atoms with E-state index in [9.17, 15) is 0 Å². The van der Waals surface area contributed by atoms with E-state index in [1.807, 2.05) is 49.4 Å². The lowest BCUT2D eigenvalue weighted by atomic mass is 10.1. The first-order chi connectivity index (χ1) is 9.22. The van der Waals surface area contributed by atoms with Gasteiger partial charge in [-0.15, -0.1) is 11.8 Å². The van der Waals surface area contributed by atoms with E-state index in [4.69, 9.17) is 10.5 Å². The van der Waals surface area contributed by atoms with Crippen LogP contribution in [-0.4, -0.2) is 27.7 Å². The molecular weight excluding hydrogens is 258 g/mol. The van der Waals surface area contributed by atoms with E-state index in [-0.39, 0.29) is 12.1 Å². The second-order valence-electron chi connectivity index (χ2n) is 4.80. The Balaban J connectivity index is 1.67. The molecule has 0 saturated carbocycles. The Bertz CT molecular complexity index is 569. The molecule has 19 heavy (non-hydrogen) atoms. The van der Waals surface area contributed by atoms with Crippen LogP contribution in [0.1, 0.15) is 5.56 Å². The lowest BCUT2D eigenvalue weighted by Crippen LogP contribution is -2.43. The molecule has 0 amide bonds. The largest absolute Gasteiger partial charge is 0.487 e. The van der Waals surface area contributed by atoms with Crippen molar-refractivity contribution >= 4 is 11.8 Å². The highest BCUT2D eigenvalue weighted by Gasteiger charge is 2.26. The number of para-hydroxylation sites is 1. The van der Waals surface area contributed by atoms with Gasteiger partial charge in [0, 0.05) is 29.9 Å². The molecule has 4 nitrogen and oxygen atoms in total. The fourth-order valence-corrected chi connectivity index (χ4v) is 3.32. The van der Waals surface area contributed by atoms with Gasteiger partial charge in [-0.05, 0) is 24.1 Å². The standard InChI is InChI=1S/C14H17N3OS/c1-17-8-10(7-16-17)6-11(15)13-9-19-14-5-3-2-4-12(14)18-13/h2-5,7-8,11,13H,6,9,15H2,1H3. The number of ether oxygens (including phenoxy) is 1. The molecule has 2 aromatic rings. The summed E-state index contributed by atoms with van der Waals surface area (Å²) in [6.07, 6.45) is 4.72. The molecular formula is C14H17N3OS. The number of aryl methyl sites for hydroxylation is 1. The quantitative estimate of drug-likeness (QED) is 0.928. The van der Waals surface area contributed by atoms with Crippen LogP contribution in [0, 0.1) is 0 Å². The third kappa shape index (κ3) is 2.77. The van der Waals surface area contributed by atoms with Gasteiger partial charge in [-0.2, -0.15) is 5.10 Å². The number of nitrogens with zero attached hydrogens (tertiary/aromatic N) is 2. The van der Waals surface area contributed by atoms with Crippen LogP contribution in [0.15, 0.2) is 41.6 Å². The molecule has 0 radical (unpaired) electrons. The first kappa shape index (κ1) is 12.6. The molecule has 0 bridgehead atoms. The summed E-state index contributed by atoms with van der Waals surface area (Å²) in [5.74, 6) is 1.85. The van der Waals surface area contributed by atoms with Gasteiger partial charge in [0.05, 0.1) is 6.20 Å². The maximum Gasteiger partial charge on any atom is 0.133 e. The van der Waals surface area contributed by atoms with Crippen LogP contribution in [0.4, 0.5) is 0 Å². The van der Waals surface area contributed by atoms with Crippen molar-refractivity contribution in [3.63, 3.8) is 0 Å². The molecule has 0 spiro atoms. The third-order valence-corrected chi connectivity index (χ3v) is 4.38. The van der Waals surface area contributed by atoms with E-state index in [2.05, 4.69) is 11.2 Å². The molecule has 2 heterocycles. The molecule has 5 heteroatoms. The first-order valence-corrected chi connectivity index (χ1v) is 7.32. The molecule has 1 aromatic heterocycles. The minimum absolute atomic E-state index is 0.00921. The average molecular weight is 275 g/mol. The highest BCUT2D eigenvalue weighted by Crippen LogP contribution is 2.35. The number of hydrogen-bond donors (Lipinski definition) is 1. The fraction of sp³-hybridized carbons (Fsp3) is 0.357. The van der Waals surface area contributed by atoms with E-state index in [1.165, 1.54) is 4.90 Å². The number of thioether (sulfide) groups is 1. The molecule has 0 saturated heterocycles. The van der Waals surface area contributed by atoms with Crippen LogP contribution in [0.3, 0.4) is 0 Å². The van der Waals surface area contributed by atoms with Crippen molar-refractivity contribution in [2.75, 3.05) is 5.75 Å². The predicted octanol–water partition coefficient (Wildman–Crippen LogP) is 1.84. The van der Waals surface area contributed by atoms with Crippen molar-refractivity contribution in [2.24, 2.45) is 12.8 Å². The molecule has 2 unspecified atom stereocenters. The normalized spacial score (nSPS) is 19.6. The number of fused-ring (bicyclic) bond motifs is 1. The van der Waals surface area contributed by atoms with Crippen LogP contribution in [-0.2, 0) is 13.5 Å². The van der Waals surface area contributed by atoms with Gasteiger partial charge in [0.15, 0.2) is 0 Å². The van der Waals surface area contributed by atoms with Crippen LogP contribution in [0.5, 0.6) is 5.75 Å². The van der Waals surface area contributed by atoms with E-state index in [1.54, 1.807) is 4.68 Å². The molecule has 0 fully saturated rings. The van der Waals surface area contributed by atoms with E-state index >= 15 is 0 Å². The Kier molecular flexibility index (Phi) is 3.48. The van der Waals surface area contributed by atoms with Crippen molar-refractivity contribution in [3.05, 3.63) is 42.2 Å². The van der Waals surface area contributed by atoms with Crippen molar-refractivity contribution in [1.29, 1.82) is 0 Å². The second kappa shape index (κ2) is 5.27. The van der Waals surface area contributed by atoms with Crippen molar-refractivity contribution in [2.45, 2.75) is 23.5 Å². The average Bonchev–Trinajstić information content (AvgIpc) is 2.83. The Morgan fingerprint density at radius 1 is 1.53 bits per heavy atom. The summed E-state index contributed by atoms with van der Waals surface area (Å²) in [5, 5.41) is 4.17. The molecule has 2 N–H and O–H groups in total. The van der Waals surface area contributed by atoms with Crippen LogP contribution in [0.25, 0.3) is 0 Å². The van der Waals surface area contributed by atoms with Gasteiger partial charge in [0.2, 0.25) is 0 Å². The monoisotopic (exact) mass is 275 g/mol. The Morgan fingerprint density at radius 2 is 2.37 bits per heavy atom. The summed E-state index contributed by atoms with van der Waals surface area (Å²) in [7, 11) is 1.91. The zero-order valence-electron chi connectivity index (χ0n) is 10.8. The van der Waals surface area contributed by atoms with Gasteiger partial charge in [-0.1, -0.05) is 12.1 Å². The SMILES string of the molecule is Cn1cc(CC(N)C2CSc3ccccc3O2)cn1. The van der Waals surface area contributed by atoms with Crippen molar-refractivity contribution in [3.8, 4) is 5.75 Å². The van der Waals surface area contributed by atoms with E-state index in [0.29, 0.717) is 0 Å². The molecule has 100 valence electrons. The molecule has 2 atom stereocenters. The maximum absolute atomic E-state index is 6.27. The Labute approximate surface area is 116 Å². The minimum atomic E-state index is -0.00921. The van der Waals surface area contributed by atoms with Crippen LogP contribution >= 0.6 is 11.8 Å². The lowest BCUT2D eigenvalue weighted by Gasteiger charge is -2.29. The molecule has 1 aliphatic rings. The molecule has 1 aliphatic heterocycles. The second-order valence-corrected chi connectivity index (χ2v) is 5.87. The van der Waals surface area contributed by atoms with Gasteiger partial charge in [-0.25, -0.2) is 0 Å². The fourth-order valence-electron chi connectivity index (χ4n) is 2.23. The van der Waals surface area contributed by atoms with Crippen molar-refractivity contribution in [1.82, 2.24) is 9.78 Å². The summed E-state index contributed by atoms with van der Waals surface area (Å²) in [4.78, 5) is 1.20. The number of nitrogens with two attached hydrogens (primary N) is 1. The summed E-state index contributed by atoms with van der Waals surface area (Å²) < 4.78 is 7.80.